The van der Waals surface area contributed by atoms with Crippen molar-refractivity contribution >= 4 is 44.6 Å². The normalized spacial score (nSPS) is 18.1. The Morgan fingerprint density at radius 2 is 1.19 bits per heavy atom. The summed E-state index contributed by atoms with van der Waals surface area (Å²) in [6.45, 7) is 15.8. The van der Waals surface area contributed by atoms with E-state index in [1.807, 2.05) is 39.1 Å². The highest BCUT2D eigenvalue weighted by atomic mass is 16.5. The summed E-state index contributed by atoms with van der Waals surface area (Å²) < 4.78 is 29.8. The van der Waals surface area contributed by atoms with Crippen LogP contribution >= 0.6 is 0 Å². The van der Waals surface area contributed by atoms with Gasteiger partial charge in [-0.15, -0.1) is 0 Å². The third-order valence-electron chi connectivity index (χ3n) is 14.0. The van der Waals surface area contributed by atoms with Crippen molar-refractivity contribution in [2.45, 2.75) is 53.3 Å². The Morgan fingerprint density at radius 3 is 1.86 bits per heavy atom. The lowest BCUT2D eigenvalue weighted by atomic mass is 9.86. The van der Waals surface area contributed by atoms with Crippen LogP contribution in [0.2, 0.25) is 0 Å². The number of fused-ring (bicyclic) bond motifs is 3. The van der Waals surface area contributed by atoms with Gasteiger partial charge in [-0.25, -0.2) is 4.98 Å². The molecule has 13 rings (SSSR count). The SMILES string of the molecule is [2H]C([2H])(c1cccc2c1[N@@+]1(c3c(-c4ccccc4)cccc3-c3ccccc3)[CH-][N@+]2(c2cccc(Oc3ccc4c5cc(-c6ccccc6)ccc5n(-c5cc(C(C)(C)C)ccn5)c4c3)c2)C1)C(C)(C)C. The van der Waals surface area contributed by atoms with Crippen LogP contribution in [0, 0.1) is 12.1 Å². The molecule has 5 heteroatoms. The molecule has 0 unspecified atom stereocenters. The summed E-state index contributed by atoms with van der Waals surface area (Å²) in [7, 11) is 0. The Hall–Kier alpha value is -7.57. The van der Waals surface area contributed by atoms with Crippen LogP contribution in [0.5, 0.6) is 11.5 Å². The number of hydrogen-bond acceptors (Lipinski definition) is 2. The molecule has 1 saturated heterocycles. The Kier molecular flexibility index (Phi) is 9.40. The predicted molar refractivity (Wildman–Crippen MR) is 288 cm³/mol. The average molecular weight is 900 g/mol. The van der Waals surface area contributed by atoms with E-state index < -0.39 is 11.8 Å². The van der Waals surface area contributed by atoms with Gasteiger partial charge in [-0.05, 0) is 106 Å². The molecule has 0 spiro atoms. The van der Waals surface area contributed by atoms with Crippen molar-refractivity contribution in [1.29, 1.82) is 0 Å². The van der Waals surface area contributed by atoms with Crippen LogP contribution < -0.4 is 13.7 Å². The molecule has 0 N–H and O–H groups in total. The van der Waals surface area contributed by atoms with Gasteiger partial charge in [0.15, 0.2) is 18.0 Å². The summed E-state index contributed by atoms with van der Waals surface area (Å²) in [5, 5.41) is 2.27. The number of aromatic nitrogens is 2. The number of nitrogens with zero attached hydrogens (tertiary/aromatic N) is 4. The van der Waals surface area contributed by atoms with Crippen molar-refractivity contribution in [1.82, 2.24) is 18.5 Å². The molecule has 10 aromatic rings. The fraction of sp³-hybridized carbons (Fsp3) is 0.156. The van der Waals surface area contributed by atoms with E-state index in [9.17, 15) is 2.74 Å². The van der Waals surface area contributed by atoms with Gasteiger partial charge in [-0.2, -0.15) is 0 Å². The number of pyridine rings is 1. The number of ether oxygens (including phenoxy) is 1. The maximum atomic E-state index is 9.87. The van der Waals surface area contributed by atoms with Crippen molar-refractivity contribution in [2.75, 3.05) is 6.67 Å². The Morgan fingerprint density at radius 1 is 0.551 bits per heavy atom. The van der Waals surface area contributed by atoms with E-state index in [1.54, 1.807) is 0 Å². The van der Waals surface area contributed by atoms with Crippen LogP contribution in [0.4, 0.5) is 22.7 Å². The fourth-order valence-corrected chi connectivity index (χ4v) is 11.0. The summed E-state index contributed by atoms with van der Waals surface area (Å²) in [6.07, 6.45) is 0.262. The molecule has 1 fully saturated rings. The molecule has 338 valence electrons. The summed E-state index contributed by atoms with van der Waals surface area (Å²) in [4.78, 5) is 4.97. The van der Waals surface area contributed by atoms with E-state index in [0.29, 0.717) is 21.2 Å². The van der Waals surface area contributed by atoms with Gasteiger partial charge in [0.1, 0.15) is 28.7 Å². The molecule has 0 amide bonds. The van der Waals surface area contributed by atoms with E-state index in [0.717, 1.165) is 89.7 Å². The first-order valence-electron chi connectivity index (χ1n) is 25.1. The molecular formula is C64H57N4O+. The van der Waals surface area contributed by atoms with Crippen molar-refractivity contribution in [3.63, 3.8) is 0 Å². The molecule has 0 radical (unpaired) electrons. The van der Waals surface area contributed by atoms with Gasteiger partial charge in [0.05, 0.1) is 17.7 Å². The molecule has 69 heavy (non-hydrogen) atoms. The van der Waals surface area contributed by atoms with Crippen LogP contribution in [0.1, 0.15) is 55.4 Å². The van der Waals surface area contributed by atoms with Crippen LogP contribution in [0.25, 0.3) is 61.0 Å². The number of benzene rings is 8. The summed E-state index contributed by atoms with van der Waals surface area (Å²) >= 11 is 0. The minimum Gasteiger partial charge on any atom is -0.457 e. The third-order valence-corrected chi connectivity index (χ3v) is 14.0. The first kappa shape index (κ1) is 40.5. The molecule has 2 bridgehead atoms. The second kappa shape index (κ2) is 16.0. The average Bonchev–Trinajstić information content (AvgIpc) is 3.97. The van der Waals surface area contributed by atoms with Gasteiger partial charge in [0.25, 0.3) is 0 Å². The van der Waals surface area contributed by atoms with E-state index in [-0.39, 0.29) is 5.41 Å². The number of quaternary nitrogens is 2. The van der Waals surface area contributed by atoms with Gasteiger partial charge < -0.3 is 4.74 Å². The lowest BCUT2D eigenvalue weighted by Gasteiger charge is -2.57. The third kappa shape index (κ3) is 7.19. The van der Waals surface area contributed by atoms with E-state index in [1.165, 1.54) is 11.1 Å². The highest BCUT2D eigenvalue weighted by molar-refractivity contribution is 6.11. The van der Waals surface area contributed by atoms with Gasteiger partial charge in [0.2, 0.25) is 0 Å². The minimum atomic E-state index is -1.66. The number of hydrogen-bond donors (Lipinski definition) is 0. The molecule has 0 saturated carbocycles. The molecule has 2 aromatic heterocycles. The van der Waals surface area contributed by atoms with Crippen LogP contribution in [0.15, 0.2) is 206 Å². The molecule has 0 aliphatic carbocycles. The molecule has 8 aromatic carbocycles. The molecule has 3 aliphatic heterocycles. The second-order valence-electron chi connectivity index (χ2n) is 20.8. The molecule has 5 heterocycles. The standard InChI is InChI=1S/C64H57N4O/c1-63(2,3)41-48-25-16-30-59-61(48)68(62-53(45-21-12-8-13-22-45)28-18-29-54(62)46-23-14-9-15-24-46)42-67(59,43-68)50-26-17-27-51(39-50)69-52-32-33-55-56-37-47(44-19-10-7-11-20-44)31-34-57(56)66(58(55)40-52)60-38-49(35-36-65-60)64(4,5)6/h7-40,42H,41,43H2,1-6H3/q+1/t67-,68-/m1/s1/i41D2. The van der Waals surface area contributed by atoms with Gasteiger partial charge >= 0.3 is 0 Å². The van der Waals surface area contributed by atoms with Gasteiger partial charge in [-0.3, -0.25) is 13.5 Å². The van der Waals surface area contributed by atoms with Gasteiger partial charge in [-0.1, -0.05) is 163 Å². The molecule has 3 aliphatic rings. The predicted octanol–water partition coefficient (Wildman–Crippen LogP) is 17.2. The Labute approximate surface area is 409 Å². The summed E-state index contributed by atoms with van der Waals surface area (Å²) in [5.74, 6) is 2.30. The quantitative estimate of drug-likeness (QED) is 0.107. The number of rotatable bonds is 9. The monoisotopic (exact) mass is 899 g/mol. The lowest BCUT2D eigenvalue weighted by molar-refractivity contribution is 0.187. The van der Waals surface area contributed by atoms with E-state index in [2.05, 4.69) is 220 Å². The highest BCUT2D eigenvalue weighted by Crippen LogP contribution is 2.69. The van der Waals surface area contributed by atoms with Crippen LogP contribution in [-0.4, -0.2) is 16.2 Å². The van der Waals surface area contributed by atoms with Crippen molar-refractivity contribution in [3.8, 4) is 50.7 Å². The lowest BCUT2D eigenvalue weighted by Crippen LogP contribution is -2.67. The Bertz CT molecular complexity index is 3620. The zero-order valence-electron chi connectivity index (χ0n) is 42.1. The van der Waals surface area contributed by atoms with Crippen molar-refractivity contribution in [2.24, 2.45) is 5.41 Å². The fourth-order valence-electron chi connectivity index (χ4n) is 11.0. The van der Waals surface area contributed by atoms with E-state index >= 15 is 0 Å². The van der Waals surface area contributed by atoms with Crippen LogP contribution in [-0.2, 0) is 11.8 Å². The molecule has 2 atom stereocenters. The summed E-state index contributed by atoms with van der Waals surface area (Å²) in [5.41, 5.74) is 14.4. The minimum absolute atomic E-state index is 0.0559. The maximum absolute atomic E-state index is 9.87. The van der Waals surface area contributed by atoms with Crippen molar-refractivity contribution < 1.29 is 7.48 Å². The zero-order chi connectivity index (χ0) is 48.9. The van der Waals surface area contributed by atoms with E-state index in [4.69, 9.17) is 9.72 Å². The van der Waals surface area contributed by atoms with Crippen LogP contribution in [0.3, 0.4) is 0 Å². The largest absolute Gasteiger partial charge is 0.457 e. The number of para-hydroxylation sites is 2. The zero-order valence-corrected chi connectivity index (χ0v) is 40.1. The maximum Gasteiger partial charge on any atom is 0.186 e. The topological polar surface area (TPSA) is 27.1 Å². The molecule has 5 nitrogen and oxygen atoms in total. The van der Waals surface area contributed by atoms with Gasteiger partial charge in [0, 0.05) is 54.6 Å². The summed E-state index contributed by atoms with van der Waals surface area (Å²) in [6, 6.07) is 70.7. The molecular weight excluding hydrogens is 841 g/mol. The Balaban J connectivity index is 1.00. The first-order chi connectivity index (χ1) is 34.2. The second-order valence-corrected chi connectivity index (χ2v) is 20.8. The smallest absolute Gasteiger partial charge is 0.186 e. The highest BCUT2D eigenvalue weighted by Gasteiger charge is 2.65. The first-order valence-corrected chi connectivity index (χ1v) is 24.1. The van der Waals surface area contributed by atoms with Crippen molar-refractivity contribution in [3.05, 3.63) is 224 Å².